The molecule has 2 unspecified atom stereocenters. The minimum atomic E-state index is -0.571. The molecule has 0 aromatic heterocycles. The maximum absolute atomic E-state index is 13.6. The molecule has 10 heteroatoms. The van der Waals surface area contributed by atoms with E-state index in [0.717, 1.165) is 99.2 Å². The van der Waals surface area contributed by atoms with Crippen molar-refractivity contribution in [3.05, 3.63) is 11.6 Å². The van der Waals surface area contributed by atoms with Crippen LogP contribution in [0.5, 0.6) is 0 Å². The average molecular weight is 912 g/mol. The van der Waals surface area contributed by atoms with Crippen molar-refractivity contribution in [1.82, 2.24) is 15.5 Å². The van der Waals surface area contributed by atoms with Crippen LogP contribution in [0.2, 0.25) is 0 Å². The number of alkyl carbamates (subject to hydrolysis) is 2. The smallest absolute Gasteiger partial charge is 0.407 e. The number of ether oxygens (including phenoxy) is 3. The molecule has 0 radical (unpaired) electrons. The van der Waals surface area contributed by atoms with E-state index < -0.39 is 17.3 Å². The highest BCUT2D eigenvalue weighted by atomic mass is 16.6. The first-order valence-electron chi connectivity index (χ1n) is 26.7. The van der Waals surface area contributed by atoms with Crippen molar-refractivity contribution in [3.8, 4) is 0 Å². The van der Waals surface area contributed by atoms with Gasteiger partial charge in [0.25, 0.3) is 0 Å². The predicted octanol–water partition coefficient (Wildman–Crippen LogP) is 13.4. The Morgan fingerprint density at radius 3 is 1.98 bits per heavy atom. The summed E-state index contributed by atoms with van der Waals surface area (Å²) in [5.41, 5.74) is 1.14. The number of carbonyl (C=O) groups is 4. The third-order valence-electron chi connectivity index (χ3n) is 16.5. The lowest BCUT2D eigenvalue weighted by Gasteiger charge is -2.58. The summed E-state index contributed by atoms with van der Waals surface area (Å²) in [5, 5.41) is 5.63. The normalized spacial score (nSPS) is 27.3. The Morgan fingerprint density at radius 2 is 1.35 bits per heavy atom. The van der Waals surface area contributed by atoms with Gasteiger partial charge >= 0.3 is 18.2 Å². The van der Waals surface area contributed by atoms with Gasteiger partial charge in [-0.1, -0.05) is 91.7 Å². The number of fused-ring (bicyclic) bond motifs is 5. The molecule has 2 N–H and O–H groups in total. The van der Waals surface area contributed by atoms with Gasteiger partial charge in [0.2, 0.25) is 5.91 Å². The van der Waals surface area contributed by atoms with Gasteiger partial charge < -0.3 is 29.7 Å². The van der Waals surface area contributed by atoms with Crippen LogP contribution in [0.25, 0.3) is 0 Å². The summed E-state index contributed by atoms with van der Waals surface area (Å²) in [6, 6.07) is 0. The number of carbonyl (C=O) groups excluding carboxylic acids is 4. The molecule has 4 aliphatic carbocycles. The van der Waals surface area contributed by atoms with Crippen LogP contribution < -0.4 is 10.6 Å². The van der Waals surface area contributed by atoms with E-state index in [1.165, 1.54) is 56.9 Å². The Bertz CT molecular complexity index is 1550. The molecular weight excluding hydrogens is 815 g/mol. The summed E-state index contributed by atoms with van der Waals surface area (Å²) in [4.78, 5) is 52.8. The van der Waals surface area contributed by atoms with Gasteiger partial charge in [0.1, 0.15) is 17.3 Å². The number of hydrogen-bond acceptors (Lipinski definition) is 7. The lowest BCUT2D eigenvalue weighted by molar-refractivity contribution is -0.151. The van der Waals surface area contributed by atoms with Gasteiger partial charge in [0, 0.05) is 45.4 Å². The molecular formula is C55H97N3O7. The highest BCUT2D eigenvalue weighted by Crippen LogP contribution is 2.67. The van der Waals surface area contributed by atoms with E-state index in [1.54, 1.807) is 0 Å². The fraction of sp³-hybridized carbons (Fsp3) is 0.891. The van der Waals surface area contributed by atoms with Gasteiger partial charge in [-0.05, 0) is 171 Å². The van der Waals surface area contributed by atoms with Crippen LogP contribution >= 0.6 is 0 Å². The molecule has 0 spiro atoms. The molecule has 3 saturated carbocycles. The van der Waals surface area contributed by atoms with E-state index >= 15 is 0 Å². The Morgan fingerprint density at radius 1 is 0.738 bits per heavy atom. The second-order valence-electron chi connectivity index (χ2n) is 23.9. The SMILES string of the molecule is CCC(CCC(C)[C@H]1CC[C@H]2[C@@H]3CC=C4C[C@@H](OC(=O)CCCC(=O)N(CCCCCCCCNC(=O)OC(C)(C)C)CCCNC(=O)OC(C)(C)C)CC[C@]4(C)[C@H]3CC[C@]12C)C(C)C. The number of hydrogen-bond donors (Lipinski definition) is 2. The molecule has 65 heavy (non-hydrogen) atoms. The highest BCUT2D eigenvalue weighted by Gasteiger charge is 2.59. The van der Waals surface area contributed by atoms with E-state index in [2.05, 4.69) is 58.3 Å². The lowest BCUT2D eigenvalue weighted by atomic mass is 9.47. The molecule has 10 nitrogen and oxygen atoms in total. The summed E-state index contributed by atoms with van der Waals surface area (Å²) in [7, 11) is 0. The minimum Gasteiger partial charge on any atom is -0.462 e. The molecule has 4 rings (SSSR count). The minimum absolute atomic E-state index is 0.0431. The quantitative estimate of drug-likeness (QED) is 0.0428. The van der Waals surface area contributed by atoms with E-state index in [9.17, 15) is 19.2 Å². The van der Waals surface area contributed by atoms with Crippen LogP contribution in [0.4, 0.5) is 9.59 Å². The van der Waals surface area contributed by atoms with E-state index in [0.29, 0.717) is 50.9 Å². The molecule has 0 saturated heterocycles. The van der Waals surface area contributed by atoms with Gasteiger partial charge in [-0.3, -0.25) is 9.59 Å². The van der Waals surface area contributed by atoms with Crippen molar-refractivity contribution in [2.45, 2.75) is 235 Å². The van der Waals surface area contributed by atoms with Gasteiger partial charge in [0.05, 0.1) is 0 Å². The molecule has 0 aliphatic heterocycles. The van der Waals surface area contributed by atoms with E-state index in [1.807, 2.05) is 46.4 Å². The van der Waals surface area contributed by atoms with Gasteiger partial charge in [-0.25, -0.2) is 9.59 Å². The predicted molar refractivity (Wildman–Crippen MR) is 263 cm³/mol. The molecule has 3 amide bonds. The fourth-order valence-electron chi connectivity index (χ4n) is 13.0. The maximum atomic E-state index is 13.6. The maximum Gasteiger partial charge on any atom is 0.407 e. The number of unbranched alkanes of at least 4 members (excludes halogenated alkanes) is 5. The molecule has 0 aromatic rings. The zero-order valence-corrected chi connectivity index (χ0v) is 43.7. The molecule has 374 valence electrons. The molecule has 4 aliphatic rings. The number of esters is 1. The van der Waals surface area contributed by atoms with Crippen LogP contribution in [0, 0.1) is 52.3 Å². The molecule has 0 heterocycles. The summed E-state index contributed by atoms with van der Waals surface area (Å²) >= 11 is 0. The third kappa shape index (κ3) is 16.7. The lowest BCUT2D eigenvalue weighted by Crippen LogP contribution is -2.51. The number of amides is 3. The van der Waals surface area contributed by atoms with Gasteiger partial charge in [-0.15, -0.1) is 0 Å². The van der Waals surface area contributed by atoms with E-state index in [4.69, 9.17) is 14.2 Å². The molecule has 3 fully saturated rings. The first-order chi connectivity index (χ1) is 30.6. The Kier molecular flexibility index (Phi) is 21.1. The van der Waals surface area contributed by atoms with Crippen molar-refractivity contribution in [2.24, 2.45) is 52.3 Å². The Hall–Kier alpha value is -2.78. The van der Waals surface area contributed by atoms with Gasteiger partial charge in [0.15, 0.2) is 0 Å². The van der Waals surface area contributed by atoms with Gasteiger partial charge in [-0.2, -0.15) is 0 Å². The van der Waals surface area contributed by atoms with Crippen molar-refractivity contribution in [2.75, 3.05) is 26.2 Å². The summed E-state index contributed by atoms with van der Waals surface area (Å²) in [6.45, 7) is 28.2. The number of nitrogens with zero attached hydrogens (tertiary/aromatic N) is 1. The van der Waals surface area contributed by atoms with Crippen molar-refractivity contribution >= 4 is 24.1 Å². The topological polar surface area (TPSA) is 123 Å². The Labute approximate surface area is 397 Å². The van der Waals surface area contributed by atoms with Crippen molar-refractivity contribution < 1.29 is 33.4 Å². The Balaban J connectivity index is 1.21. The van der Waals surface area contributed by atoms with Crippen molar-refractivity contribution in [1.29, 1.82) is 0 Å². The second-order valence-corrected chi connectivity index (χ2v) is 23.9. The molecule has 0 bridgehead atoms. The summed E-state index contributed by atoms with van der Waals surface area (Å²) in [5.74, 6) is 5.49. The summed E-state index contributed by atoms with van der Waals surface area (Å²) < 4.78 is 16.8. The standard InChI is InChI=1S/C55H97N3O7/c1-13-41(39(2)3)25-24-40(4)45-28-29-46-44-27-26-42-38-43(30-32-54(42,11)47(44)31-33-55(45,46)12)63-49(60)23-20-22-48(59)58(37-21-35-57-51(62)65-53(8,9)10)36-19-17-15-14-16-18-34-56-50(61)64-52(5,6)7/h26,39-41,43-47H,13-25,27-38H2,1-12H3,(H,56,61)(H,57,62)/t40?,41?,43-,44-,45+,46-,47-,54-,55+/m0/s1. The van der Waals surface area contributed by atoms with Crippen LogP contribution in [-0.2, 0) is 23.8 Å². The first kappa shape index (κ1) is 54.8. The number of rotatable bonds is 24. The third-order valence-corrected chi connectivity index (χ3v) is 16.5. The largest absolute Gasteiger partial charge is 0.462 e. The van der Waals surface area contributed by atoms with Crippen LogP contribution in [0.3, 0.4) is 0 Å². The second kappa shape index (κ2) is 25.0. The zero-order valence-electron chi connectivity index (χ0n) is 43.7. The molecule has 9 atom stereocenters. The summed E-state index contributed by atoms with van der Waals surface area (Å²) in [6.07, 6.45) is 22.9. The molecule has 0 aromatic carbocycles. The van der Waals surface area contributed by atoms with E-state index in [-0.39, 0.29) is 35.9 Å². The van der Waals surface area contributed by atoms with Crippen LogP contribution in [0.15, 0.2) is 11.6 Å². The average Bonchev–Trinajstić information content (AvgIpc) is 3.57. The monoisotopic (exact) mass is 912 g/mol. The first-order valence-corrected chi connectivity index (χ1v) is 26.7. The highest BCUT2D eigenvalue weighted by molar-refractivity contribution is 5.77. The fourth-order valence-corrected chi connectivity index (χ4v) is 13.0. The van der Waals surface area contributed by atoms with Crippen LogP contribution in [0.1, 0.15) is 218 Å². The zero-order chi connectivity index (χ0) is 48.0. The van der Waals surface area contributed by atoms with Crippen molar-refractivity contribution in [3.63, 3.8) is 0 Å². The van der Waals surface area contributed by atoms with Crippen LogP contribution in [-0.4, -0.2) is 72.4 Å². The number of nitrogens with one attached hydrogen (secondary N) is 2. The number of allylic oxidation sites excluding steroid dienone is 1.